The second-order valence-corrected chi connectivity index (χ2v) is 3.26. The lowest BCUT2D eigenvalue weighted by Gasteiger charge is -1.97. The Balaban J connectivity index is 3.00. The van der Waals surface area contributed by atoms with Crippen molar-refractivity contribution in [3.63, 3.8) is 0 Å². The molecule has 4 heteroatoms. The molecule has 0 saturated heterocycles. The first-order valence-corrected chi connectivity index (χ1v) is 4.18. The van der Waals surface area contributed by atoms with Crippen molar-refractivity contribution in [1.29, 1.82) is 0 Å². The highest BCUT2D eigenvalue weighted by Gasteiger charge is 1.97. The van der Waals surface area contributed by atoms with Gasteiger partial charge in [0.2, 0.25) is 0 Å². The minimum atomic E-state index is -0.0706. The van der Waals surface area contributed by atoms with E-state index in [1.165, 1.54) is 0 Å². The van der Waals surface area contributed by atoms with E-state index in [4.69, 9.17) is 4.74 Å². The summed E-state index contributed by atoms with van der Waals surface area (Å²) in [6, 6.07) is 3.61. The summed E-state index contributed by atoms with van der Waals surface area (Å²) in [5.41, 5.74) is 0.590. The van der Waals surface area contributed by atoms with Gasteiger partial charge in [-0.3, -0.25) is 4.79 Å². The van der Waals surface area contributed by atoms with E-state index in [0.717, 1.165) is 3.70 Å². The number of H-pyrrole nitrogens is 1. The number of rotatable bonds is 2. The predicted octanol–water partition coefficient (Wildman–Crippen LogP) is 1.13. The summed E-state index contributed by atoms with van der Waals surface area (Å²) in [6.45, 7) is 0.367. The number of methoxy groups -OCH3 is 1. The van der Waals surface area contributed by atoms with E-state index in [0.29, 0.717) is 12.2 Å². The third-order valence-electron chi connectivity index (χ3n) is 1.26. The van der Waals surface area contributed by atoms with Crippen LogP contribution in [-0.4, -0.2) is 12.1 Å². The van der Waals surface area contributed by atoms with E-state index >= 15 is 0 Å². The normalized spacial score (nSPS) is 10.0. The molecular weight excluding hydrogens is 257 g/mol. The minimum absolute atomic E-state index is 0.0706. The van der Waals surface area contributed by atoms with Crippen LogP contribution < -0.4 is 5.56 Å². The second-order valence-electron chi connectivity index (χ2n) is 2.09. The Labute approximate surface area is 77.9 Å². The van der Waals surface area contributed by atoms with E-state index in [-0.39, 0.29) is 5.56 Å². The van der Waals surface area contributed by atoms with Gasteiger partial charge in [-0.1, -0.05) is 0 Å². The number of nitrogens with one attached hydrogen (secondary N) is 1. The second kappa shape index (κ2) is 3.87. The van der Waals surface area contributed by atoms with Crippen molar-refractivity contribution in [2.45, 2.75) is 6.61 Å². The van der Waals surface area contributed by atoms with Crippen LogP contribution in [0.25, 0.3) is 0 Å². The summed E-state index contributed by atoms with van der Waals surface area (Å²) in [5, 5.41) is 0. The third kappa shape index (κ3) is 2.30. The molecule has 0 bridgehead atoms. The Kier molecular flexibility index (Phi) is 3.07. The molecule has 1 heterocycles. The van der Waals surface area contributed by atoms with Gasteiger partial charge < -0.3 is 9.72 Å². The van der Waals surface area contributed by atoms with Crippen LogP contribution in [0.2, 0.25) is 0 Å². The summed E-state index contributed by atoms with van der Waals surface area (Å²) in [6.07, 6.45) is 0. The number of hydrogen-bond donors (Lipinski definition) is 1. The van der Waals surface area contributed by atoms with Crippen molar-refractivity contribution in [2.24, 2.45) is 0 Å². The van der Waals surface area contributed by atoms with Gasteiger partial charge in [0.25, 0.3) is 5.56 Å². The smallest absolute Gasteiger partial charge is 0.254 e. The van der Waals surface area contributed by atoms with E-state index in [2.05, 4.69) is 27.6 Å². The van der Waals surface area contributed by atoms with Crippen molar-refractivity contribution < 1.29 is 4.74 Å². The first kappa shape index (κ1) is 8.73. The fourth-order valence-electron chi connectivity index (χ4n) is 0.749. The molecule has 1 aromatic rings. The molecule has 0 aliphatic heterocycles. The summed E-state index contributed by atoms with van der Waals surface area (Å²) in [5.74, 6) is 0. The monoisotopic (exact) mass is 265 g/mol. The van der Waals surface area contributed by atoms with Crippen molar-refractivity contribution in [1.82, 2.24) is 4.98 Å². The molecule has 3 nitrogen and oxygen atoms in total. The molecule has 60 valence electrons. The lowest BCUT2D eigenvalue weighted by atomic mass is 10.3. The van der Waals surface area contributed by atoms with Gasteiger partial charge in [-0.15, -0.1) is 0 Å². The molecule has 11 heavy (non-hydrogen) atoms. The van der Waals surface area contributed by atoms with Gasteiger partial charge >= 0.3 is 0 Å². The zero-order valence-electron chi connectivity index (χ0n) is 6.06. The number of pyridine rings is 1. The molecule has 0 aliphatic rings. The fourth-order valence-corrected chi connectivity index (χ4v) is 1.17. The number of aromatic amines is 1. The SMILES string of the molecule is COCc1ccc(I)[nH]c1=O. The van der Waals surface area contributed by atoms with Crippen LogP contribution in [0.3, 0.4) is 0 Å². The van der Waals surface area contributed by atoms with Crippen LogP contribution in [0.1, 0.15) is 5.56 Å². The van der Waals surface area contributed by atoms with Crippen molar-refractivity contribution in [2.75, 3.05) is 7.11 Å². The Hall–Kier alpha value is -0.360. The maximum Gasteiger partial charge on any atom is 0.254 e. The van der Waals surface area contributed by atoms with Gasteiger partial charge in [0.05, 0.1) is 10.3 Å². The lowest BCUT2D eigenvalue weighted by Crippen LogP contribution is -2.13. The largest absolute Gasteiger partial charge is 0.380 e. The molecule has 0 radical (unpaired) electrons. The molecule has 1 N–H and O–H groups in total. The topological polar surface area (TPSA) is 42.1 Å². The first-order valence-electron chi connectivity index (χ1n) is 3.10. The lowest BCUT2D eigenvalue weighted by molar-refractivity contribution is 0.183. The van der Waals surface area contributed by atoms with Crippen LogP contribution in [-0.2, 0) is 11.3 Å². The summed E-state index contributed by atoms with van der Waals surface area (Å²) < 4.78 is 5.67. The minimum Gasteiger partial charge on any atom is -0.380 e. The fraction of sp³-hybridized carbons (Fsp3) is 0.286. The molecule has 0 saturated carbocycles. The van der Waals surface area contributed by atoms with Crippen LogP contribution in [0.4, 0.5) is 0 Å². The van der Waals surface area contributed by atoms with Gasteiger partial charge in [-0.05, 0) is 34.7 Å². The third-order valence-corrected chi connectivity index (χ3v) is 1.88. The summed E-state index contributed by atoms with van der Waals surface area (Å²) in [7, 11) is 1.57. The first-order chi connectivity index (χ1) is 5.24. The van der Waals surface area contributed by atoms with E-state index in [9.17, 15) is 4.79 Å². The van der Waals surface area contributed by atoms with Crippen LogP contribution >= 0.6 is 22.6 Å². The highest BCUT2D eigenvalue weighted by molar-refractivity contribution is 14.1. The van der Waals surface area contributed by atoms with Crippen molar-refractivity contribution >= 4 is 22.6 Å². The number of hydrogen-bond acceptors (Lipinski definition) is 2. The highest BCUT2D eigenvalue weighted by atomic mass is 127. The Morgan fingerprint density at radius 3 is 2.91 bits per heavy atom. The van der Waals surface area contributed by atoms with Crippen molar-refractivity contribution in [3.8, 4) is 0 Å². The zero-order valence-corrected chi connectivity index (χ0v) is 8.21. The molecule has 0 unspecified atom stereocenters. The van der Waals surface area contributed by atoms with Crippen molar-refractivity contribution in [3.05, 3.63) is 31.8 Å². The van der Waals surface area contributed by atoms with E-state index in [1.807, 2.05) is 6.07 Å². The van der Waals surface area contributed by atoms with Gasteiger partial charge in [0, 0.05) is 12.7 Å². The maximum atomic E-state index is 11.1. The van der Waals surface area contributed by atoms with Gasteiger partial charge in [-0.25, -0.2) is 0 Å². The maximum absolute atomic E-state index is 11.1. The Bertz CT molecular complexity index is 295. The van der Waals surface area contributed by atoms with E-state index < -0.39 is 0 Å². The van der Waals surface area contributed by atoms with Gasteiger partial charge in [0.1, 0.15) is 0 Å². The molecule has 0 amide bonds. The highest BCUT2D eigenvalue weighted by Crippen LogP contribution is 1.98. The van der Waals surface area contributed by atoms with Crippen LogP contribution in [0, 0.1) is 3.70 Å². The molecule has 1 rings (SSSR count). The predicted molar refractivity (Wildman–Crippen MR) is 50.5 cm³/mol. The zero-order chi connectivity index (χ0) is 8.27. The number of ether oxygens (including phenoxy) is 1. The molecule has 0 fully saturated rings. The van der Waals surface area contributed by atoms with Crippen LogP contribution in [0.5, 0.6) is 0 Å². The Morgan fingerprint density at radius 1 is 1.64 bits per heavy atom. The molecular formula is C7H8INO2. The number of aromatic nitrogens is 1. The molecule has 1 aromatic heterocycles. The average molecular weight is 265 g/mol. The molecule has 0 aromatic carbocycles. The standard InChI is InChI=1S/C7H8INO2/c1-11-4-5-2-3-6(8)9-7(5)10/h2-3H,4H2,1H3,(H,9,10). The summed E-state index contributed by atoms with van der Waals surface area (Å²) in [4.78, 5) is 13.8. The van der Waals surface area contributed by atoms with E-state index in [1.54, 1.807) is 13.2 Å². The van der Waals surface area contributed by atoms with Crippen LogP contribution in [0.15, 0.2) is 16.9 Å². The molecule has 0 atom stereocenters. The Morgan fingerprint density at radius 2 is 2.36 bits per heavy atom. The summed E-state index contributed by atoms with van der Waals surface area (Å²) >= 11 is 2.05. The molecule has 0 aliphatic carbocycles. The number of halogens is 1. The molecule has 0 spiro atoms. The average Bonchev–Trinajstić information content (AvgIpc) is 1.95. The van der Waals surface area contributed by atoms with Gasteiger partial charge in [0.15, 0.2) is 0 Å². The van der Waals surface area contributed by atoms with Gasteiger partial charge in [-0.2, -0.15) is 0 Å². The quantitative estimate of drug-likeness (QED) is 0.643.